The minimum Gasteiger partial charge on any atom is -0.497 e. The molecule has 2 atom stereocenters. The van der Waals surface area contributed by atoms with E-state index >= 15 is 0 Å². The number of benzene rings is 1. The second-order valence-electron chi connectivity index (χ2n) is 9.95. The Balaban J connectivity index is 1.29. The van der Waals surface area contributed by atoms with Gasteiger partial charge in [0, 0.05) is 44.8 Å². The van der Waals surface area contributed by atoms with Crippen molar-refractivity contribution in [3.63, 3.8) is 0 Å². The van der Waals surface area contributed by atoms with Crippen LogP contribution in [-0.2, 0) is 0 Å². The van der Waals surface area contributed by atoms with Gasteiger partial charge in [-0.05, 0) is 75.7 Å². The number of aliphatic imine (C=N–C) groups is 1. The van der Waals surface area contributed by atoms with Crippen LogP contribution in [0.5, 0.6) is 5.75 Å². The van der Waals surface area contributed by atoms with Crippen molar-refractivity contribution >= 4 is 5.96 Å². The number of rotatable bonds is 6. The van der Waals surface area contributed by atoms with Gasteiger partial charge in [0.15, 0.2) is 5.96 Å². The van der Waals surface area contributed by atoms with Crippen LogP contribution in [0.15, 0.2) is 29.3 Å². The van der Waals surface area contributed by atoms with Gasteiger partial charge in [-0.2, -0.15) is 0 Å². The largest absolute Gasteiger partial charge is 0.497 e. The summed E-state index contributed by atoms with van der Waals surface area (Å²) in [6.07, 6.45) is 10.6. The average Bonchev–Trinajstić information content (AvgIpc) is 3.37. The third-order valence-electron chi connectivity index (χ3n) is 7.93. The van der Waals surface area contributed by atoms with E-state index < -0.39 is 0 Å². The Morgan fingerprint density at radius 1 is 1.00 bits per heavy atom. The second-order valence-corrected chi connectivity index (χ2v) is 9.95. The lowest BCUT2D eigenvalue weighted by Crippen LogP contribution is -2.51. The number of piperidine rings is 2. The van der Waals surface area contributed by atoms with E-state index in [1.807, 2.05) is 7.05 Å². The van der Waals surface area contributed by atoms with Crippen molar-refractivity contribution in [3.8, 4) is 5.75 Å². The molecule has 1 aromatic carbocycles. The lowest BCUT2D eigenvalue weighted by Gasteiger charge is -2.40. The molecule has 1 aliphatic carbocycles. The minimum atomic E-state index is 0.426. The molecule has 2 saturated heterocycles. The molecule has 2 unspecified atom stereocenters. The zero-order valence-electron chi connectivity index (χ0n) is 20.4. The number of likely N-dealkylation sites (tertiary alicyclic amines) is 2. The quantitative estimate of drug-likeness (QED) is 0.521. The molecule has 1 aromatic rings. The van der Waals surface area contributed by atoms with Crippen molar-refractivity contribution < 1.29 is 4.74 Å². The van der Waals surface area contributed by atoms with E-state index in [1.54, 1.807) is 7.11 Å². The molecule has 6 heteroatoms. The number of nitrogens with zero attached hydrogens (tertiary/aromatic N) is 3. The summed E-state index contributed by atoms with van der Waals surface area (Å²) in [5.74, 6) is 2.45. The Morgan fingerprint density at radius 2 is 1.72 bits per heavy atom. The molecular weight excluding hydrogens is 398 g/mol. The summed E-state index contributed by atoms with van der Waals surface area (Å²) in [4.78, 5) is 9.79. The number of guanidine groups is 1. The fourth-order valence-corrected chi connectivity index (χ4v) is 6.10. The first kappa shape index (κ1) is 23.4. The molecule has 2 heterocycles. The van der Waals surface area contributed by atoms with Gasteiger partial charge in [-0.3, -0.25) is 9.89 Å². The molecule has 3 fully saturated rings. The molecule has 178 valence electrons. The first-order valence-electron chi connectivity index (χ1n) is 12.7. The molecule has 2 aliphatic heterocycles. The molecule has 32 heavy (non-hydrogen) atoms. The van der Waals surface area contributed by atoms with Crippen molar-refractivity contribution in [1.29, 1.82) is 0 Å². The Kier molecular flexibility index (Phi) is 8.31. The predicted octanol–water partition coefficient (Wildman–Crippen LogP) is 3.65. The Hall–Kier alpha value is -1.79. The van der Waals surface area contributed by atoms with E-state index in [-0.39, 0.29) is 0 Å². The fourth-order valence-electron chi connectivity index (χ4n) is 6.10. The molecule has 0 radical (unpaired) electrons. The zero-order valence-corrected chi connectivity index (χ0v) is 20.4. The van der Waals surface area contributed by atoms with Crippen molar-refractivity contribution in [2.45, 2.75) is 69.5 Å². The number of methoxy groups -OCH3 is 1. The van der Waals surface area contributed by atoms with E-state index in [1.165, 1.54) is 70.0 Å². The van der Waals surface area contributed by atoms with Gasteiger partial charge in [-0.1, -0.05) is 25.0 Å². The maximum absolute atomic E-state index is 5.36. The van der Waals surface area contributed by atoms with Gasteiger partial charge in [0.05, 0.1) is 7.11 Å². The molecule has 4 rings (SSSR count). The molecular formula is C26H43N5O. The van der Waals surface area contributed by atoms with Crippen LogP contribution in [0.4, 0.5) is 0 Å². The molecule has 2 N–H and O–H groups in total. The molecule has 0 spiro atoms. The summed E-state index contributed by atoms with van der Waals surface area (Å²) in [5, 5.41) is 7.39. The van der Waals surface area contributed by atoms with Crippen molar-refractivity contribution in [3.05, 3.63) is 29.8 Å². The van der Waals surface area contributed by atoms with Crippen molar-refractivity contribution in [1.82, 2.24) is 20.4 Å². The third-order valence-corrected chi connectivity index (χ3v) is 7.93. The van der Waals surface area contributed by atoms with E-state index in [0.717, 1.165) is 30.8 Å². The molecule has 0 bridgehead atoms. The van der Waals surface area contributed by atoms with Gasteiger partial charge < -0.3 is 20.3 Å². The lowest BCUT2D eigenvalue weighted by molar-refractivity contribution is 0.122. The maximum Gasteiger partial charge on any atom is 0.191 e. The van der Waals surface area contributed by atoms with Gasteiger partial charge in [0.1, 0.15) is 5.75 Å². The van der Waals surface area contributed by atoms with Gasteiger partial charge in [-0.25, -0.2) is 0 Å². The van der Waals surface area contributed by atoms with Crippen LogP contribution in [0.3, 0.4) is 0 Å². The van der Waals surface area contributed by atoms with Crippen LogP contribution in [-0.4, -0.2) is 75.2 Å². The smallest absolute Gasteiger partial charge is 0.191 e. The summed E-state index contributed by atoms with van der Waals surface area (Å²) in [7, 11) is 5.88. The van der Waals surface area contributed by atoms with E-state index in [9.17, 15) is 0 Å². The first-order chi connectivity index (χ1) is 15.7. The molecule has 0 amide bonds. The summed E-state index contributed by atoms with van der Waals surface area (Å²) in [5.41, 5.74) is 1.38. The maximum atomic E-state index is 5.36. The van der Waals surface area contributed by atoms with E-state index in [2.05, 4.69) is 56.7 Å². The summed E-state index contributed by atoms with van der Waals surface area (Å²) < 4.78 is 5.36. The highest BCUT2D eigenvalue weighted by molar-refractivity contribution is 5.80. The van der Waals surface area contributed by atoms with Crippen LogP contribution in [0.1, 0.15) is 63.0 Å². The van der Waals surface area contributed by atoms with Crippen LogP contribution in [0.25, 0.3) is 0 Å². The van der Waals surface area contributed by atoms with E-state index in [0.29, 0.717) is 18.0 Å². The number of hydrogen-bond donors (Lipinski definition) is 2. The number of nitrogens with one attached hydrogen (secondary N) is 2. The average molecular weight is 442 g/mol. The summed E-state index contributed by atoms with van der Waals surface area (Å²) in [6, 6.07) is 10.4. The second kappa shape index (κ2) is 11.4. The summed E-state index contributed by atoms with van der Waals surface area (Å²) >= 11 is 0. The zero-order chi connectivity index (χ0) is 22.3. The molecule has 0 aromatic heterocycles. The molecule has 3 aliphatic rings. The Bertz CT molecular complexity index is 722. The molecule has 1 saturated carbocycles. The van der Waals surface area contributed by atoms with Gasteiger partial charge in [-0.15, -0.1) is 0 Å². The highest BCUT2D eigenvalue weighted by atomic mass is 16.5. The first-order valence-corrected chi connectivity index (χ1v) is 12.7. The highest BCUT2D eigenvalue weighted by Crippen LogP contribution is 2.35. The van der Waals surface area contributed by atoms with Gasteiger partial charge in [0.2, 0.25) is 0 Å². The standard InChI is InChI=1S/C26H43N5O/c1-27-26(29-22-14-17-31(18-15-22)23-8-4-5-9-23)28-19-21-7-6-16-30(2)25(21)20-10-12-24(32-3)13-11-20/h10-13,21-23,25H,4-9,14-19H2,1-3H3,(H2,27,28,29). The van der Waals surface area contributed by atoms with Crippen LogP contribution in [0.2, 0.25) is 0 Å². The fraction of sp³-hybridized carbons (Fsp3) is 0.731. The summed E-state index contributed by atoms with van der Waals surface area (Å²) in [6.45, 7) is 4.56. The number of ether oxygens (including phenoxy) is 1. The molecule has 6 nitrogen and oxygen atoms in total. The van der Waals surface area contributed by atoms with Crippen LogP contribution < -0.4 is 15.4 Å². The SMILES string of the molecule is CN=C(NCC1CCCN(C)C1c1ccc(OC)cc1)NC1CCN(C2CCCC2)CC1. The topological polar surface area (TPSA) is 52.1 Å². The van der Waals surface area contributed by atoms with Crippen molar-refractivity contribution in [2.24, 2.45) is 10.9 Å². The minimum absolute atomic E-state index is 0.426. The Labute approximate surface area is 194 Å². The van der Waals surface area contributed by atoms with Crippen molar-refractivity contribution in [2.75, 3.05) is 47.4 Å². The lowest BCUT2D eigenvalue weighted by atomic mass is 9.85. The van der Waals surface area contributed by atoms with Crippen LogP contribution >= 0.6 is 0 Å². The monoisotopic (exact) mass is 441 g/mol. The normalized spacial score (nSPS) is 26.9. The number of hydrogen-bond acceptors (Lipinski definition) is 4. The Morgan fingerprint density at radius 3 is 2.38 bits per heavy atom. The van der Waals surface area contributed by atoms with E-state index in [4.69, 9.17) is 4.74 Å². The van der Waals surface area contributed by atoms with Crippen LogP contribution in [0, 0.1) is 5.92 Å². The van der Waals surface area contributed by atoms with Gasteiger partial charge in [0.25, 0.3) is 0 Å². The third kappa shape index (κ3) is 5.76. The highest BCUT2D eigenvalue weighted by Gasteiger charge is 2.31. The predicted molar refractivity (Wildman–Crippen MR) is 132 cm³/mol. The van der Waals surface area contributed by atoms with Gasteiger partial charge >= 0.3 is 0 Å².